The number of rotatable bonds is 3. The number of nitrogens with zero attached hydrogens (tertiary/aromatic N) is 2. The molecule has 0 saturated heterocycles. The third-order valence-corrected chi connectivity index (χ3v) is 3.35. The summed E-state index contributed by atoms with van der Waals surface area (Å²) in [6, 6.07) is 4.65. The summed E-state index contributed by atoms with van der Waals surface area (Å²) in [4.78, 5) is 0. The molecule has 0 radical (unpaired) electrons. The average molecular weight is 296 g/mol. The second kappa shape index (κ2) is 5.44. The van der Waals surface area contributed by atoms with Crippen LogP contribution in [0.3, 0.4) is 0 Å². The fourth-order valence-electron chi connectivity index (χ4n) is 2.15. The zero-order valence-corrected chi connectivity index (χ0v) is 12.9. The van der Waals surface area contributed by atoms with Gasteiger partial charge in [-0.2, -0.15) is 5.10 Å². The Balaban J connectivity index is 2.24. The van der Waals surface area contributed by atoms with E-state index in [2.05, 4.69) is 31.2 Å². The van der Waals surface area contributed by atoms with Crippen LogP contribution in [0.1, 0.15) is 32.0 Å². The van der Waals surface area contributed by atoms with Crippen LogP contribution in [0, 0.1) is 5.82 Å². The molecule has 20 heavy (non-hydrogen) atoms. The molecule has 0 spiro atoms. The standard InChI is InChI=1S/C15H19ClFN3/c1-15(2,3)14-10(9-20(4)19-14)8-18-13-11(16)6-5-7-12(13)17/h5-7,9,18H,8H2,1-4H3. The molecule has 1 N–H and O–H groups in total. The predicted molar refractivity (Wildman–Crippen MR) is 80.6 cm³/mol. The topological polar surface area (TPSA) is 29.9 Å². The zero-order valence-electron chi connectivity index (χ0n) is 12.2. The highest BCUT2D eigenvalue weighted by Crippen LogP contribution is 2.28. The van der Waals surface area contributed by atoms with Crippen LogP contribution in [0.4, 0.5) is 10.1 Å². The predicted octanol–water partition coefficient (Wildman–Crippen LogP) is 4.12. The Labute approximate surface area is 123 Å². The van der Waals surface area contributed by atoms with Crippen molar-refractivity contribution in [2.45, 2.75) is 32.7 Å². The van der Waals surface area contributed by atoms with Crippen molar-refractivity contribution >= 4 is 17.3 Å². The lowest BCUT2D eigenvalue weighted by atomic mass is 9.89. The summed E-state index contributed by atoms with van der Waals surface area (Å²) in [7, 11) is 1.88. The Kier molecular flexibility index (Phi) is 4.04. The van der Waals surface area contributed by atoms with Crippen LogP contribution in [0.2, 0.25) is 5.02 Å². The summed E-state index contributed by atoms with van der Waals surface area (Å²) in [6.45, 7) is 6.81. The number of benzene rings is 1. The number of para-hydroxylation sites is 1. The fraction of sp³-hybridized carbons (Fsp3) is 0.400. The molecule has 2 aromatic rings. The Morgan fingerprint density at radius 3 is 2.65 bits per heavy atom. The highest BCUT2D eigenvalue weighted by atomic mass is 35.5. The second-order valence-corrected chi connectivity index (χ2v) is 6.28. The normalized spacial score (nSPS) is 11.7. The third-order valence-electron chi connectivity index (χ3n) is 3.03. The van der Waals surface area contributed by atoms with E-state index in [4.69, 9.17) is 11.6 Å². The molecule has 0 bridgehead atoms. The Hall–Kier alpha value is -1.55. The van der Waals surface area contributed by atoms with Gasteiger partial charge in [0.25, 0.3) is 0 Å². The third kappa shape index (κ3) is 3.12. The minimum atomic E-state index is -0.348. The van der Waals surface area contributed by atoms with Crippen molar-refractivity contribution in [3.63, 3.8) is 0 Å². The van der Waals surface area contributed by atoms with Crippen LogP contribution in [0.25, 0.3) is 0 Å². The fourth-order valence-corrected chi connectivity index (χ4v) is 2.38. The van der Waals surface area contributed by atoms with Gasteiger partial charge < -0.3 is 5.32 Å². The van der Waals surface area contributed by atoms with E-state index in [0.717, 1.165) is 11.3 Å². The van der Waals surface area contributed by atoms with E-state index >= 15 is 0 Å². The lowest BCUT2D eigenvalue weighted by molar-refractivity contribution is 0.549. The van der Waals surface area contributed by atoms with E-state index < -0.39 is 0 Å². The van der Waals surface area contributed by atoms with Crippen LogP contribution >= 0.6 is 11.6 Å². The first kappa shape index (κ1) is 14.9. The number of aromatic nitrogens is 2. The van der Waals surface area contributed by atoms with Crippen LogP contribution in [0.15, 0.2) is 24.4 Å². The zero-order chi connectivity index (χ0) is 14.9. The SMILES string of the molecule is Cn1cc(CNc2c(F)cccc2Cl)c(C(C)(C)C)n1. The summed E-state index contributed by atoms with van der Waals surface area (Å²) < 4.78 is 15.5. The van der Waals surface area contributed by atoms with Gasteiger partial charge in [0.1, 0.15) is 5.82 Å². The van der Waals surface area contributed by atoms with E-state index in [1.54, 1.807) is 16.8 Å². The maximum Gasteiger partial charge on any atom is 0.147 e. The average Bonchev–Trinajstić information content (AvgIpc) is 2.70. The summed E-state index contributed by atoms with van der Waals surface area (Å²) in [5, 5.41) is 7.93. The minimum Gasteiger partial charge on any atom is -0.377 e. The molecule has 0 aliphatic rings. The van der Waals surface area contributed by atoms with Gasteiger partial charge in [-0.25, -0.2) is 4.39 Å². The monoisotopic (exact) mass is 295 g/mol. The highest BCUT2D eigenvalue weighted by molar-refractivity contribution is 6.33. The van der Waals surface area contributed by atoms with E-state index in [0.29, 0.717) is 17.3 Å². The van der Waals surface area contributed by atoms with Crippen molar-refractivity contribution in [3.8, 4) is 0 Å². The van der Waals surface area contributed by atoms with Gasteiger partial charge >= 0.3 is 0 Å². The smallest absolute Gasteiger partial charge is 0.147 e. The minimum absolute atomic E-state index is 0.0582. The van der Waals surface area contributed by atoms with E-state index in [1.165, 1.54) is 6.07 Å². The number of aryl methyl sites for hydroxylation is 1. The summed E-state index contributed by atoms with van der Waals surface area (Å²) in [6.07, 6.45) is 1.95. The van der Waals surface area contributed by atoms with Crippen molar-refractivity contribution in [1.29, 1.82) is 0 Å². The molecule has 1 aromatic heterocycles. The number of anilines is 1. The van der Waals surface area contributed by atoms with E-state index in [1.807, 2.05) is 13.2 Å². The molecule has 0 atom stereocenters. The molecule has 1 aromatic carbocycles. The molecule has 0 amide bonds. The number of hydrogen-bond donors (Lipinski definition) is 1. The first-order valence-electron chi connectivity index (χ1n) is 6.50. The molecule has 108 valence electrons. The van der Waals surface area contributed by atoms with Crippen molar-refractivity contribution in [2.24, 2.45) is 7.05 Å². The van der Waals surface area contributed by atoms with Gasteiger partial charge in [0.2, 0.25) is 0 Å². The van der Waals surface area contributed by atoms with Gasteiger partial charge in [-0.05, 0) is 12.1 Å². The summed E-state index contributed by atoms with van der Waals surface area (Å²) in [5.41, 5.74) is 2.31. The molecular weight excluding hydrogens is 277 g/mol. The quantitative estimate of drug-likeness (QED) is 0.923. The Bertz CT molecular complexity index is 594. The molecule has 2 rings (SSSR count). The maximum atomic E-state index is 13.7. The first-order valence-corrected chi connectivity index (χ1v) is 6.87. The number of hydrogen-bond acceptors (Lipinski definition) is 2. The van der Waals surface area contributed by atoms with Gasteiger partial charge in [-0.1, -0.05) is 38.4 Å². The molecule has 0 fully saturated rings. The summed E-state index contributed by atoms with van der Waals surface area (Å²) >= 11 is 6.01. The lowest BCUT2D eigenvalue weighted by Crippen LogP contribution is -2.16. The Morgan fingerprint density at radius 2 is 2.05 bits per heavy atom. The van der Waals surface area contributed by atoms with Crippen molar-refractivity contribution < 1.29 is 4.39 Å². The molecular formula is C15H19ClFN3. The molecule has 3 nitrogen and oxygen atoms in total. The van der Waals surface area contributed by atoms with Crippen LogP contribution in [-0.2, 0) is 19.0 Å². The second-order valence-electron chi connectivity index (χ2n) is 5.88. The molecule has 0 aliphatic heterocycles. The summed E-state index contributed by atoms with van der Waals surface area (Å²) in [5.74, 6) is -0.348. The van der Waals surface area contributed by atoms with E-state index in [9.17, 15) is 4.39 Å². The molecule has 5 heteroatoms. The Morgan fingerprint density at radius 1 is 1.35 bits per heavy atom. The number of halogens is 2. The largest absolute Gasteiger partial charge is 0.377 e. The molecule has 0 saturated carbocycles. The van der Waals surface area contributed by atoms with Gasteiger partial charge in [0, 0.05) is 30.8 Å². The van der Waals surface area contributed by atoms with Crippen LogP contribution in [-0.4, -0.2) is 9.78 Å². The van der Waals surface area contributed by atoms with Crippen molar-refractivity contribution in [1.82, 2.24) is 9.78 Å². The maximum absolute atomic E-state index is 13.7. The molecule has 0 aliphatic carbocycles. The van der Waals surface area contributed by atoms with E-state index in [-0.39, 0.29) is 11.2 Å². The first-order chi connectivity index (χ1) is 9.29. The van der Waals surface area contributed by atoms with Crippen LogP contribution in [0.5, 0.6) is 0 Å². The number of nitrogens with one attached hydrogen (secondary N) is 1. The van der Waals surface area contributed by atoms with Crippen molar-refractivity contribution in [2.75, 3.05) is 5.32 Å². The lowest BCUT2D eigenvalue weighted by Gasteiger charge is -2.18. The van der Waals surface area contributed by atoms with Gasteiger partial charge in [-0.15, -0.1) is 0 Å². The van der Waals surface area contributed by atoms with Gasteiger partial charge in [-0.3, -0.25) is 4.68 Å². The molecule has 0 unspecified atom stereocenters. The molecule has 1 heterocycles. The van der Waals surface area contributed by atoms with Crippen LogP contribution < -0.4 is 5.32 Å². The van der Waals surface area contributed by atoms with Crippen molar-refractivity contribution in [3.05, 3.63) is 46.5 Å². The van der Waals surface area contributed by atoms with Gasteiger partial charge in [0.05, 0.1) is 16.4 Å². The highest BCUT2D eigenvalue weighted by Gasteiger charge is 2.22. The van der Waals surface area contributed by atoms with Gasteiger partial charge in [0.15, 0.2) is 0 Å².